The Labute approximate surface area is 156 Å². The summed E-state index contributed by atoms with van der Waals surface area (Å²) in [5, 5.41) is 6.02. The summed E-state index contributed by atoms with van der Waals surface area (Å²) in [6, 6.07) is 7.26. The van der Waals surface area contributed by atoms with E-state index in [0.29, 0.717) is 38.5 Å². The van der Waals surface area contributed by atoms with Crippen molar-refractivity contribution in [2.45, 2.75) is 44.4 Å². The Kier molecular flexibility index (Phi) is 6.69. The van der Waals surface area contributed by atoms with Crippen molar-refractivity contribution in [1.29, 1.82) is 0 Å². The standard InChI is InChI=1S/C19H30N2O4S/c1-14(2)13-25-17-7-5-16(6-8-17)15(3)21-18(22)19(26(4,23)24)9-11-20-12-10-19/h5-8,14-15,20H,9-13H2,1-4H3,(H,21,22). The first-order chi connectivity index (χ1) is 12.2. The van der Waals surface area contributed by atoms with Crippen molar-refractivity contribution in [1.82, 2.24) is 10.6 Å². The first kappa shape index (κ1) is 20.7. The Morgan fingerprint density at radius 2 is 1.77 bits per heavy atom. The maximum atomic E-state index is 12.9. The lowest BCUT2D eigenvalue weighted by Crippen LogP contribution is -2.57. The van der Waals surface area contributed by atoms with Crippen LogP contribution in [0.5, 0.6) is 5.75 Å². The van der Waals surface area contributed by atoms with Gasteiger partial charge in [-0.25, -0.2) is 8.42 Å². The minimum absolute atomic E-state index is 0.282. The van der Waals surface area contributed by atoms with Gasteiger partial charge in [0, 0.05) is 6.26 Å². The molecule has 0 bridgehead atoms. The van der Waals surface area contributed by atoms with E-state index >= 15 is 0 Å². The predicted octanol–water partition coefficient (Wildman–Crippen LogP) is 2.07. The molecule has 0 spiro atoms. The van der Waals surface area contributed by atoms with Crippen molar-refractivity contribution in [3.8, 4) is 5.75 Å². The van der Waals surface area contributed by atoms with Crippen LogP contribution in [0.15, 0.2) is 24.3 Å². The molecule has 6 nitrogen and oxygen atoms in total. The number of amides is 1. The fourth-order valence-electron chi connectivity index (χ4n) is 3.12. The van der Waals surface area contributed by atoms with Gasteiger partial charge in [-0.3, -0.25) is 4.79 Å². The van der Waals surface area contributed by atoms with Gasteiger partial charge in [0.1, 0.15) is 5.75 Å². The number of ether oxygens (including phenoxy) is 1. The van der Waals surface area contributed by atoms with E-state index in [0.717, 1.165) is 17.6 Å². The smallest absolute Gasteiger partial charge is 0.242 e. The normalized spacial score (nSPS) is 18.3. The highest BCUT2D eigenvalue weighted by Gasteiger charge is 2.48. The van der Waals surface area contributed by atoms with Crippen LogP contribution in [-0.2, 0) is 14.6 Å². The number of piperidine rings is 1. The first-order valence-electron chi connectivity index (χ1n) is 9.10. The monoisotopic (exact) mass is 382 g/mol. The van der Waals surface area contributed by atoms with Crippen LogP contribution in [0.1, 0.15) is 45.2 Å². The number of rotatable bonds is 7. The van der Waals surface area contributed by atoms with Crippen LogP contribution in [0.25, 0.3) is 0 Å². The number of carbonyl (C=O) groups excluding carboxylic acids is 1. The van der Waals surface area contributed by atoms with Crippen LogP contribution in [0.3, 0.4) is 0 Å². The molecular weight excluding hydrogens is 352 g/mol. The Balaban J connectivity index is 2.08. The van der Waals surface area contributed by atoms with Gasteiger partial charge in [-0.2, -0.15) is 0 Å². The van der Waals surface area contributed by atoms with Gasteiger partial charge in [-0.05, 0) is 56.5 Å². The fourth-order valence-corrected chi connectivity index (χ4v) is 4.47. The Bertz CT molecular complexity index is 708. The summed E-state index contributed by atoms with van der Waals surface area (Å²) in [6.07, 6.45) is 1.75. The highest BCUT2D eigenvalue weighted by Crippen LogP contribution is 2.29. The molecule has 1 aromatic rings. The second-order valence-electron chi connectivity index (χ2n) is 7.49. The van der Waals surface area contributed by atoms with E-state index in [2.05, 4.69) is 24.5 Å². The molecule has 0 radical (unpaired) electrons. The molecule has 1 saturated heterocycles. The van der Waals surface area contributed by atoms with E-state index in [4.69, 9.17) is 4.74 Å². The summed E-state index contributed by atoms with van der Waals surface area (Å²) in [4.78, 5) is 12.9. The molecule has 1 unspecified atom stereocenters. The summed E-state index contributed by atoms with van der Waals surface area (Å²) in [7, 11) is -3.51. The summed E-state index contributed by atoms with van der Waals surface area (Å²) < 4.78 is 29.0. The number of sulfone groups is 1. The van der Waals surface area contributed by atoms with Gasteiger partial charge in [0.05, 0.1) is 12.6 Å². The van der Waals surface area contributed by atoms with Crippen LogP contribution >= 0.6 is 0 Å². The minimum atomic E-state index is -3.51. The second-order valence-corrected chi connectivity index (χ2v) is 9.81. The topological polar surface area (TPSA) is 84.5 Å². The zero-order valence-corrected chi connectivity index (χ0v) is 16.9. The molecule has 1 aliphatic heterocycles. The molecule has 1 aromatic carbocycles. The molecule has 26 heavy (non-hydrogen) atoms. The van der Waals surface area contributed by atoms with E-state index in [9.17, 15) is 13.2 Å². The van der Waals surface area contributed by atoms with Crippen LogP contribution in [-0.4, -0.2) is 45.0 Å². The SMILES string of the molecule is CC(C)COc1ccc(C(C)NC(=O)C2(S(C)(=O)=O)CCNCC2)cc1. The van der Waals surface area contributed by atoms with Crippen molar-refractivity contribution in [2.24, 2.45) is 5.92 Å². The molecule has 0 aliphatic carbocycles. The van der Waals surface area contributed by atoms with Gasteiger partial charge in [0.25, 0.3) is 0 Å². The third kappa shape index (κ3) is 4.76. The number of hydrogen-bond donors (Lipinski definition) is 2. The van der Waals surface area contributed by atoms with Gasteiger partial charge >= 0.3 is 0 Å². The summed E-state index contributed by atoms with van der Waals surface area (Å²) in [5.74, 6) is 0.825. The van der Waals surface area contributed by atoms with Gasteiger partial charge in [0.15, 0.2) is 14.6 Å². The second kappa shape index (κ2) is 8.39. The number of hydrogen-bond acceptors (Lipinski definition) is 5. The van der Waals surface area contributed by atoms with E-state index < -0.39 is 20.5 Å². The largest absolute Gasteiger partial charge is 0.493 e. The van der Waals surface area contributed by atoms with Crippen molar-refractivity contribution < 1.29 is 17.9 Å². The molecule has 1 fully saturated rings. The lowest BCUT2D eigenvalue weighted by Gasteiger charge is -2.35. The Morgan fingerprint density at radius 3 is 2.27 bits per heavy atom. The highest BCUT2D eigenvalue weighted by atomic mass is 32.2. The number of benzene rings is 1. The Morgan fingerprint density at radius 1 is 1.19 bits per heavy atom. The summed E-state index contributed by atoms with van der Waals surface area (Å²) in [5.41, 5.74) is 0.910. The molecule has 2 rings (SSSR count). The van der Waals surface area contributed by atoms with Gasteiger partial charge in [-0.15, -0.1) is 0 Å². The highest BCUT2D eigenvalue weighted by molar-refractivity contribution is 7.92. The summed E-state index contributed by atoms with van der Waals surface area (Å²) >= 11 is 0. The molecule has 7 heteroatoms. The van der Waals surface area contributed by atoms with Gasteiger partial charge < -0.3 is 15.4 Å². The molecule has 1 heterocycles. The van der Waals surface area contributed by atoms with Crippen LogP contribution in [0.2, 0.25) is 0 Å². The van der Waals surface area contributed by atoms with Gasteiger partial charge in [-0.1, -0.05) is 26.0 Å². The van der Waals surface area contributed by atoms with Crippen LogP contribution in [0.4, 0.5) is 0 Å². The maximum Gasteiger partial charge on any atom is 0.242 e. The Hall–Kier alpha value is -1.60. The first-order valence-corrected chi connectivity index (χ1v) is 11.0. The molecule has 1 amide bonds. The molecule has 1 aliphatic rings. The molecule has 2 N–H and O–H groups in total. The minimum Gasteiger partial charge on any atom is -0.493 e. The quantitative estimate of drug-likeness (QED) is 0.754. The van der Waals surface area contributed by atoms with Crippen molar-refractivity contribution in [3.05, 3.63) is 29.8 Å². The van der Waals surface area contributed by atoms with Crippen LogP contribution in [0, 0.1) is 5.92 Å². The van der Waals surface area contributed by atoms with E-state index in [1.54, 1.807) is 0 Å². The lowest BCUT2D eigenvalue weighted by atomic mass is 9.95. The molecule has 146 valence electrons. The molecule has 0 saturated carbocycles. The molecule has 0 aromatic heterocycles. The zero-order valence-electron chi connectivity index (χ0n) is 16.0. The van der Waals surface area contributed by atoms with Crippen LogP contribution < -0.4 is 15.4 Å². The summed E-state index contributed by atoms with van der Waals surface area (Å²) in [6.45, 7) is 7.73. The lowest BCUT2D eigenvalue weighted by molar-refractivity contribution is -0.125. The third-order valence-corrected chi connectivity index (χ3v) is 6.86. The van der Waals surface area contributed by atoms with Gasteiger partial charge in [0.2, 0.25) is 5.91 Å². The van der Waals surface area contributed by atoms with E-state index in [1.807, 2.05) is 31.2 Å². The predicted molar refractivity (Wildman–Crippen MR) is 103 cm³/mol. The van der Waals surface area contributed by atoms with E-state index in [-0.39, 0.29) is 6.04 Å². The number of carbonyl (C=O) groups is 1. The molecule has 1 atom stereocenters. The van der Waals surface area contributed by atoms with E-state index in [1.165, 1.54) is 0 Å². The van der Waals surface area contributed by atoms with Crippen molar-refractivity contribution in [2.75, 3.05) is 26.0 Å². The van der Waals surface area contributed by atoms with Crippen molar-refractivity contribution >= 4 is 15.7 Å². The maximum absolute atomic E-state index is 12.9. The third-order valence-electron chi connectivity index (χ3n) is 4.85. The zero-order chi connectivity index (χ0) is 19.4. The number of nitrogens with one attached hydrogen (secondary N) is 2. The average Bonchev–Trinajstić information content (AvgIpc) is 2.60. The fraction of sp³-hybridized carbons (Fsp3) is 0.632. The molecular formula is C19H30N2O4S. The van der Waals surface area contributed by atoms with Crippen molar-refractivity contribution in [3.63, 3.8) is 0 Å². The average molecular weight is 383 g/mol.